The molecule has 30 heavy (non-hydrogen) atoms. The fraction of sp³-hybridized carbons (Fsp3) is 0.600. The molecule has 0 atom stereocenters. The number of para-hydroxylation sites is 1. The summed E-state index contributed by atoms with van der Waals surface area (Å²) in [5, 5.41) is 5.38. The van der Waals surface area contributed by atoms with E-state index in [4.69, 9.17) is 4.42 Å². The Bertz CT molecular complexity index is 756. The van der Waals surface area contributed by atoms with E-state index in [0.717, 1.165) is 13.1 Å². The van der Waals surface area contributed by atoms with E-state index in [9.17, 15) is 0 Å². The molecule has 1 fully saturated rings. The first kappa shape index (κ1) is 23.7. The number of piperazine rings is 1. The molecule has 0 aliphatic carbocycles. The van der Waals surface area contributed by atoms with Crippen LogP contribution >= 0.6 is 0 Å². The minimum absolute atomic E-state index is 1.14. The summed E-state index contributed by atoms with van der Waals surface area (Å²) in [6.45, 7) is 18.0. The summed E-state index contributed by atoms with van der Waals surface area (Å²) in [6, 6.07) is 16.9. The van der Waals surface area contributed by atoms with Gasteiger partial charge in [-0.05, 0) is 12.1 Å². The number of hydrogen-bond acceptors (Lipinski definition) is 3. The van der Waals surface area contributed by atoms with E-state index >= 15 is 0 Å². The number of nitrogens with zero attached hydrogens (tertiary/aromatic N) is 2. The molecule has 0 unspecified atom stereocenters. The first-order valence-corrected chi connectivity index (χ1v) is 20.8. The van der Waals surface area contributed by atoms with E-state index in [1.165, 1.54) is 63.5 Å². The van der Waals surface area contributed by atoms with Crippen LogP contribution in [0, 0.1) is 0 Å². The van der Waals surface area contributed by atoms with Crippen LogP contribution in [0.25, 0.3) is 0 Å². The molecule has 3 nitrogen and oxygen atoms in total. The van der Waals surface area contributed by atoms with E-state index in [1.807, 2.05) is 0 Å². The second-order valence-electron chi connectivity index (χ2n) is 9.66. The average molecular weight is 487 g/mol. The second kappa shape index (κ2) is 10.6. The third-order valence-electron chi connectivity index (χ3n) is 7.60. The Labute approximate surface area is 188 Å². The molecule has 0 bridgehead atoms. The zero-order valence-corrected chi connectivity index (χ0v) is 23.0. The maximum atomic E-state index is 6.62. The first-order valence-electron chi connectivity index (χ1n) is 12.1. The summed E-state index contributed by atoms with van der Waals surface area (Å²) in [6.07, 6.45) is 1.29. The number of hydrogen-bond donors (Lipinski definition) is 0. The molecule has 1 aliphatic rings. The van der Waals surface area contributed by atoms with Crippen molar-refractivity contribution in [1.82, 2.24) is 4.90 Å². The summed E-state index contributed by atoms with van der Waals surface area (Å²) in [5.74, 6) is 0. The minimum atomic E-state index is -1.97. The molecule has 0 amide bonds. The molecule has 1 aromatic carbocycles. The van der Waals surface area contributed by atoms with Crippen LogP contribution in [0.4, 0.5) is 5.69 Å². The topological polar surface area (TPSA) is 19.6 Å². The molecule has 1 aliphatic heterocycles. The van der Waals surface area contributed by atoms with Crippen molar-refractivity contribution in [3.05, 3.63) is 42.5 Å². The fourth-order valence-corrected chi connectivity index (χ4v) is 14.4. The zero-order chi connectivity index (χ0) is 21.6. The molecule has 0 saturated carbocycles. The predicted molar refractivity (Wildman–Crippen MR) is 137 cm³/mol. The van der Waals surface area contributed by atoms with Crippen molar-refractivity contribution in [3.63, 3.8) is 0 Å². The van der Waals surface area contributed by atoms with Gasteiger partial charge in [-0.25, -0.2) is 0 Å². The van der Waals surface area contributed by atoms with Gasteiger partial charge in [-0.3, -0.25) is 0 Å². The molecule has 2 heterocycles. The van der Waals surface area contributed by atoms with Gasteiger partial charge in [0.05, 0.1) is 0 Å². The quantitative estimate of drug-likeness (QED) is 0.434. The van der Waals surface area contributed by atoms with Gasteiger partial charge in [-0.2, -0.15) is 0 Å². The van der Waals surface area contributed by atoms with Gasteiger partial charge in [0.1, 0.15) is 0 Å². The van der Waals surface area contributed by atoms with Gasteiger partial charge in [-0.15, -0.1) is 0 Å². The predicted octanol–water partition coefficient (Wildman–Crippen LogP) is 5.12. The molecule has 2 aromatic rings. The average Bonchev–Trinajstić information content (AvgIpc) is 3.28. The van der Waals surface area contributed by atoms with Gasteiger partial charge < -0.3 is 0 Å². The molecule has 1 saturated heterocycles. The van der Waals surface area contributed by atoms with Crippen LogP contribution in [0.1, 0.15) is 27.2 Å². The standard InChI is InChI=1S/C25H42GeN2OSi/c1-6-26(7-2,8-3)24-15-16-25(29-24)30(4,5)22-12-17-27-18-20-28(21-19-27)23-13-10-9-11-14-23/h9-11,13-16H,6-8,12,17-22H2,1-5H3. The van der Waals surface area contributed by atoms with Gasteiger partial charge in [-0.1, -0.05) is 18.2 Å². The number of furan rings is 1. The van der Waals surface area contributed by atoms with Gasteiger partial charge in [0.2, 0.25) is 0 Å². The van der Waals surface area contributed by atoms with Crippen molar-refractivity contribution in [2.24, 2.45) is 0 Å². The van der Waals surface area contributed by atoms with Crippen molar-refractivity contribution < 1.29 is 4.42 Å². The number of rotatable bonds is 10. The Kier molecular flexibility index (Phi) is 8.33. The van der Waals surface area contributed by atoms with Crippen LogP contribution in [0.5, 0.6) is 0 Å². The van der Waals surface area contributed by atoms with E-state index in [0.29, 0.717) is 0 Å². The Morgan fingerprint density at radius 1 is 0.867 bits per heavy atom. The van der Waals surface area contributed by atoms with E-state index < -0.39 is 21.3 Å². The molecule has 1 aromatic heterocycles. The summed E-state index contributed by atoms with van der Waals surface area (Å²) in [4.78, 5) is 5.18. The van der Waals surface area contributed by atoms with Crippen LogP contribution in [-0.2, 0) is 0 Å². The molecule has 3 rings (SSSR count). The van der Waals surface area contributed by atoms with Gasteiger partial charge >= 0.3 is 158 Å². The second-order valence-corrected chi connectivity index (χ2v) is 25.3. The number of anilines is 1. The normalized spacial score (nSPS) is 16.2. The van der Waals surface area contributed by atoms with Crippen molar-refractivity contribution >= 4 is 37.0 Å². The third-order valence-corrected chi connectivity index (χ3v) is 22.1. The summed E-state index contributed by atoms with van der Waals surface area (Å²) >= 11 is -1.97. The van der Waals surface area contributed by atoms with Crippen LogP contribution < -0.4 is 14.9 Å². The molecular formula is C25H42GeN2OSi. The van der Waals surface area contributed by atoms with Crippen molar-refractivity contribution in [3.8, 4) is 0 Å². The Morgan fingerprint density at radius 3 is 2.10 bits per heavy atom. The van der Waals surface area contributed by atoms with E-state index in [1.54, 1.807) is 0 Å². The summed E-state index contributed by atoms with van der Waals surface area (Å²) in [7, 11) is -1.50. The monoisotopic (exact) mass is 488 g/mol. The van der Waals surface area contributed by atoms with Crippen molar-refractivity contribution in [2.45, 2.75) is 62.1 Å². The van der Waals surface area contributed by atoms with Crippen molar-refractivity contribution in [2.75, 3.05) is 37.6 Å². The summed E-state index contributed by atoms with van der Waals surface area (Å²) in [5.41, 5.74) is 1.37. The van der Waals surface area contributed by atoms with E-state index in [2.05, 4.69) is 86.1 Å². The third kappa shape index (κ3) is 5.43. The van der Waals surface area contributed by atoms with Crippen LogP contribution in [0.3, 0.4) is 0 Å². The molecule has 5 heteroatoms. The van der Waals surface area contributed by atoms with Gasteiger partial charge in [0, 0.05) is 0 Å². The molecule has 0 radical (unpaired) electrons. The molecule has 166 valence electrons. The molecule has 0 spiro atoms. The Morgan fingerprint density at radius 2 is 1.50 bits per heavy atom. The van der Waals surface area contributed by atoms with Crippen LogP contribution in [-0.4, -0.2) is 59.0 Å². The SMILES string of the molecule is C[CH2][Ge]([CH2]C)([CH2]C)[c]1ccc([Si](C)(C)CCCN2CCN(c3ccccc3)CC2)o1. The first-order chi connectivity index (χ1) is 14.4. The Balaban J connectivity index is 1.49. The Hall–Kier alpha value is -0.980. The molecular weight excluding hydrogens is 445 g/mol. The molecule has 0 N–H and O–H groups in total. The zero-order valence-electron chi connectivity index (χ0n) is 19.9. The van der Waals surface area contributed by atoms with Crippen LogP contribution in [0.2, 0.25) is 34.9 Å². The number of benzene rings is 1. The van der Waals surface area contributed by atoms with Gasteiger partial charge in [0.15, 0.2) is 0 Å². The maximum absolute atomic E-state index is 6.62. The van der Waals surface area contributed by atoms with Gasteiger partial charge in [0.25, 0.3) is 0 Å². The van der Waals surface area contributed by atoms with E-state index in [-0.39, 0.29) is 0 Å². The van der Waals surface area contributed by atoms with Crippen molar-refractivity contribution in [1.29, 1.82) is 0 Å². The van der Waals surface area contributed by atoms with Crippen LogP contribution in [0.15, 0.2) is 46.9 Å². The summed E-state index contributed by atoms with van der Waals surface area (Å²) < 4.78 is 8.03. The fourth-order valence-electron chi connectivity index (χ4n) is 5.00.